The van der Waals surface area contributed by atoms with E-state index in [0.717, 1.165) is 12.2 Å². The van der Waals surface area contributed by atoms with Crippen molar-refractivity contribution in [1.29, 1.82) is 0 Å². The van der Waals surface area contributed by atoms with E-state index in [4.69, 9.17) is 14.9 Å². The normalized spacial score (nSPS) is 23.1. The second-order valence-corrected chi connectivity index (χ2v) is 6.31. The summed E-state index contributed by atoms with van der Waals surface area (Å²) in [5.74, 6) is -1.42. The number of likely N-dealkylation sites (tertiary alicyclic amines) is 1. The lowest BCUT2D eigenvalue weighted by atomic mass is 9.95. The Bertz CT molecular complexity index is 606. The van der Waals surface area contributed by atoms with Gasteiger partial charge in [0.05, 0.1) is 6.04 Å². The summed E-state index contributed by atoms with van der Waals surface area (Å²) in [6, 6.07) is 9.06. The minimum Gasteiger partial charge on any atom is -0.489 e. The van der Waals surface area contributed by atoms with Gasteiger partial charge in [-0.15, -0.1) is 0 Å². The molecule has 25 heavy (non-hydrogen) atoms. The SMILES string of the molecule is CC1Oc2ccccc2CC1N1CCCCC1.O=C(O)/C=C/C(=O)O. The first-order valence-corrected chi connectivity index (χ1v) is 8.60. The van der Waals surface area contributed by atoms with Crippen LogP contribution in [-0.2, 0) is 16.0 Å². The third kappa shape index (κ3) is 5.90. The van der Waals surface area contributed by atoms with Crippen LogP contribution in [0.4, 0.5) is 0 Å². The van der Waals surface area contributed by atoms with Crippen LogP contribution in [0.5, 0.6) is 5.75 Å². The molecule has 0 radical (unpaired) electrons. The molecule has 0 aromatic heterocycles. The number of piperidine rings is 1. The molecule has 6 nitrogen and oxygen atoms in total. The molecule has 2 heterocycles. The van der Waals surface area contributed by atoms with E-state index in [-0.39, 0.29) is 0 Å². The average molecular weight is 347 g/mol. The Morgan fingerprint density at radius 2 is 1.68 bits per heavy atom. The summed E-state index contributed by atoms with van der Waals surface area (Å²) >= 11 is 0. The second-order valence-electron chi connectivity index (χ2n) is 6.31. The van der Waals surface area contributed by atoms with E-state index in [2.05, 4.69) is 36.1 Å². The average Bonchev–Trinajstić information content (AvgIpc) is 2.60. The van der Waals surface area contributed by atoms with Gasteiger partial charge in [-0.3, -0.25) is 4.90 Å². The number of carboxylic acid groups (broad SMARTS) is 2. The number of aliphatic carboxylic acids is 2. The number of hydrogen-bond donors (Lipinski definition) is 2. The van der Waals surface area contributed by atoms with Gasteiger partial charge in [0, 0.05) is 12.2 Å². The van der Waals surface area contributed by atoms with E-state index in [1.165, 1.54) is 37.9 Å². The Morgan fingerprint density at radius 3 is 2.28 bits per heavy atom. The van der Waals surface area contributed by atoms with Crippen molar-refractivity contribution < 1.29 is 24.5 Å². The first-order chi connectivity index (χ1) is 12.0. The minimum absolute atomic E-state index is 0.322. The highest BCUT2D eigenvalue weighted by molar-refractivity contribution is 5.89. The summed E-state index contributed by atoms with van der Waals surface area (Å²) < 4.78 is 6.06. The van der Waals surface area contributed by atoms with Crippen LogP contribution in [0.2, 0.25) is 0 Å². The first-order valence-electron chi connectivity index (χ1n) is 8.60. The van der Waals surface area contributed by atoms with Gasteiger partial charge < -0.3 is 14.9 Å². The molecule has 2 aliphatic rings. The van der Waals surface area contributed by atoms with Crippen LogP contribution in [-0.4, -0.2) is 52.3 Å². The zero-order chi connectivity index (χ0) is 18.2. The van der Waals surface area contributed by atoms with E-state index in [1.807, 2.05) is 0 Å². The van der Waals surface area contributed by atoms with Gasteiger partial charge in [-0.1, -0.05) is 24.6 Å². The zero-order valence-corrected chi connectivity index (χ0v) is 14.4. The van der Waals surface area contributed by atoms with Crippen molar-refractivity contribution in [2.45, 2.75) is 44.8 Å². The number of para-hydroxylation sites is 1. The smallest absolute Gasteiger partial charge is 0.328 e. The molecule has 0 bridgehead atoms. The van der Waals surface area contributed by atoms with E-state index in [0.29, 0.717) is 24.3 Å². The molecule has 2 aliphatic heterocycles. The van der Waals surface area contributed by atoms with Crippen molar-refractivity contribution in [3.63, 3.8) is 0 Å². The van der Waals surface area contributed by atoms with Crippen LogP contribution in [0.15, 0.2) is 36.4 Å². The lowest BCUT2D eigenvalue weighted by Crippen LogP contribution is -2.50. The fourth-order valence-electron chi connectivity index (χ4n) is 3.28. The summed E-state index contributed by atoms with van der Waals surface area (Å²) in [7, 11) is 0. The molecule has 6 heteroatoms. The highest BCUT2D eigenvalue weighted by atomic mass is 16.5. The first kappa shape index (κ1) is 19.0. The van der Waals surface area contributed by atoms with Gasteiger partial charge in [-0.2, -0.15) is 0 Å². The maximum Gasteiger partial charge on any atom is 0.328 e. The molecule has 1 aromatic rings. The molecule has 1 aromatic carbocycles. The quantitative estimate of drug-likeness (QED) is 0.817. The van der Waals surface area contributed by atoms with Crippen LogP contribution in [0.25, 0.3) is 0 Å². The third-order valence-electron chi connectivity index (χ3n) is 4.48. The summed E-state index contributed by atoms with van der Waals surface area (Å²) in [6.07, 6.45) is 6.69. The molecule has 2 unspecified atom stereocenters. The lowest BCUT2D eigenvalue weighted by molar-refractivity contribution is -0.134. The van der Waals surface area contributed by atoms with Gasteiger partial charge in [-0.05, 0) is 50.9 Å². The zero-order valence-electron chi connectivity index (χ0n) is 14.4. The molecule has 3 rings (SSSR count). The fraction of sp³-hybridized carbons (Fsp3) is 0.474. The van der Waals surface area contributed by atoms with Crippen molar-refractivity contribution in [2.24, 2.45) is 0 Å². The van der Waals surface area contributed by atoms with Crippen LogP contribution in [0.3, 0.4) is 0 Å². The molecular weight excluding hydrogens is 322 g/mol. The topological polar surface area (TPSA) is 87.1 Å². The number of carboxylic acids is 2. The number of fused-ring (bicyclic) bond motifs is 1. The van der Waals surface area contributed by atoms with Crippen LogP contribution >= 0.6 is 0 Å². The predicted octanol–water partition coefficient (Wildman–Crippen LogP) is 2.58. The van der Waals surface area contributed by atoms with Crippen molar-refractivity contribution in [2.75, 3.05) is 13.1 Å². The highest BCUT2D eigenvalue weighted by Gasteiger charge is 2.31. The number of ether oxygens (including phenoxy) is 1. The number of benzene rings is 1. The molecule has 0 amide bonds. The Labute approximate surface area is 147 Å². The number of rotatable bonds is 3. The molecule has 136 valence electrons. The van der Waals surface area contributed by atoms with E-state index < -0.39 is 11.9 Å². The summed E-state index contributed by atoms with van der Waals surface area (Å²) in [6.45, 7) is 4.72. The van der Waals surface area contributed by atoms with Gasteiger partial charge in [0.25, 0.3) is 0 Å². The lowest BCUT2D eigenvalue weighted by Gasteiger charge is -2.41. The van der Waals surface area contributed by atoms with Crippen LogP contribution < -0.4 is 4.74 Å². The monoisotopic (exact) mass is 347 g/mol. The van der Waals surface area contributed by atoms with Gasteiger partial charge in [0.15, 0.2) is 0 Å². The molecule has 0 aliphatic carbocycles. The molecule has 0 saturated carbocycles. The molecule has 1 fully saturated rings. The summed E-state index contributed by atoms with van der Waals surface area (Å²) in [5.41, 5.74) is 1.38. The summed E-state index contributed by atoms with van der Waals surface area (Å²) in [5, 5.41) is 15.6. The van der Waals surface area contributed by atoms with Gasteiger partial charge in [-0.25, -0.2) is 9.59 Å². The Hall–Kier alpha value is -2.34. The summed E-state index contributed by atoms with van der Waals surface area (Å²) in [4.78, 5) is 21.7. The second kappa shape index (κ2) is 9.22. The molecule has 2 atom stereocenters. The number of nitrogens with zero attached hydrogens (tertiary/aromatic N) is 1. The van der Waals surface area contributed by atoms with Gasteiger partial charge in [0.2, 0.25) is 0 Å². The minimum atomic E-state index is -1.26. The molecular formula is C19H25NO5. The molecule has 1 saturated heterocycles. The van der Waals surface area contributed by atoms with E-state index in [9.17, 15) is 9.59 Å². The Kier molecular flexibility index (Phi) is 7.01. The largest absolute Gasteiger partial charge is 0.489 e. The maximum atomic E-state index is 9.55. The Morgan fingerprint density at radius 1 is 1.08 bits per heavy atom. The van der Waals surface area contributed by atoms with E-state index >= 15 is 0 Å². The number of hydrogen-bond acceptors (Lipinski definition) is 4. The third-order valence-corrected chi connectivity index (χ3v) is 4.48. The van der Waals surface area contributed by atoms with E-state index in [1.54, 1.807) is 0 Å². The Balaban J connectivity index is 0.000000242. The number of carbonyl (C=O) groups is 2. The fourth-order valence-corrected chi connectivity index (χ4v) is 3.28. The van der Waals surface area contributed by atoms with Crippen molar-refractivity contribution in [3.8, 4) is 5.75 Å². The van der Waals surface area contributed by atoms with Crippen molar-refractivity contribution >= 4 is 11.9 Å². The molecule has 2 N–H and O–H groups in total. The molecule has 0 spiro atoms. The van der Waals surface area contributed by atoms with Crippen molar-refractivity contribution in [3.05, 3.63) is 42.0 Å². The standard InChI is InChI=1S/C15H21NO.C4H4O4/c1-12-14(16-9-5-2-6-10-16)11-13-7-3-4-8-15(13)17-12;5-3(6)1-2-4(7)8/h3-4,7-8,12,14H,2,5-6,9-11H2,1H3;1-2H,(H,5,6)(H,7,8)/b;2-1+. The van der Waals surface area contributed by atoms with Crippen LogP contribution in [0, 0.1) is 0 Å². The van der Waals surface area contributed by atoms with Crippen LogP contribution in [0.1, 0.15) is 31.7 Å². The highest BCUT2D eigenvalue weighted by Crippen LogP contribution is 2.30. The van der Waals surface area contributed by atoms with Gasteiger partial charge in [0.1, 0.15) is 11.9 Å². The maximum absolute atomic E-state index is 9.55. The van der Waals surface area contributed by atoms with Crippen molar-refractivity contribution in [1.82, 2.24) is 4.90 Å². The predicted molar refractivity (Wildman–Crippen MR) is 93.9 cm³/mol. The van der Waals surface area contributed by atoms with Gasteiger partial charge >= 0.3 is 11.9 Å².